The van der Waals surface area contributed by atoms with Crippen LogP contribution < -0.4 is 0 Å². The Hall–Kier alpha value is -1.77. The average Bonchev–Trinajstić information content (AvgIpc) is 3.01. The molecule has 0 atom stereocenters. The molecule has 0 aliphatic rings. The van der Waals surface area contributed by atoms with E-state index in [0.29, 0.717) is 0 Å². The van der Waals surface area contributed by atoms with Crippen LogP contribution in [-0.2, 0) is 13.0 Å². The summed E-state index contributed by atoms with van der Waals surface area (Å²) < 4.78 is 0. The zero-order chi connectivity index (χ0) is 15.9. The number of hydrogen-bond donors (Lipinski definition) is 1. The van der Waals surface area contributed by atoms with Crippen LogP contribution in [0.3, 0.4) is 0 Å². The summed E-state index contributed by atoms with van der Waals surface area (Å²) in [4.78, 5) is 5.97. The number of benzene rings is 2. The van der Waals surface area contributed by atoms with Crippen molar-refractivity contribution >= 4 is 23.3 Å². The van der Waals surface area contributed by atoms with Gasteiger partial charge >= 0.3 is 0 Å². The molecule has 2 nitrogen and oxygen atoms in total. The lowest BCUT2D eigenvalue weighted by molar-refractivity contribution is 0.264. The van der Waals surface area contributed by atoms with Gasteiger partial charge < -0.3 is 4.98 Å². The number of aromatic nitrogens is 1. The Morgan fingerprint density at radius 1 is 0.917 bits per heavy atom. The molecule has 3 aromatic rings. The molecule has 0 aliphatic carbocycles. The number of fused-ring (bicyclic) bond motifs is 1. The van der Waals surface area contributed by atoms with Crippen LogP contribution in [-0.4, -0.2) is 23.0 Å². The van der Waals surface area contributed by atoms with Gasteiger partial charge in [0.2, 0.25) is 0 Å². The standard InChI is InChI=1S/C21H26N2.ClH/c1-2-3-14-23(17-18-9-5-4-6-10-18)15-13-19-16-22-21-12-8-7-11-20(19)21;/h4-12,16,22H,2-3,13-15,17H2,1H3;1H. The van der Waals surface area contributed by atoms with E-state index < -0.39 is 0 Å². The van der Waals surface area contributed by atoms with E-state index in [1.54, 1.807) is 0 Å². The van der Waals surface area contributed by atoms with Crippen molar-refractivity contribution in [2.75, 3.05) is 13.1 Å². The summed E-state index contributed by atoms with van der Waals surface area (Å²) in [6, 6.07) is 19.4. The first kappa shape index (κ1) is 18.6. The number of halogens is 1. The van der Waals surface area contributed by atoms with Crippen LogP contribution in [0.25, 0.3) is 10.9 Å². The van der Waals surface area contributed by atoms with Gasteiger partial charge in [-0.2, -0.15) is 0 Å². The van der Waals surface area contributed by atoms with Crippen LogP contribution in [0.2, 0.25) is 0 Å². The molecule has 1 aromatic heterocycles. The third kappa shape index (κ3) is 4.86. The first-order valence-corrected chi connectivity index (χ1v) is 8.68. The molecular weight excluding hydrogens is 316 g/mol. The molecule has 3 heteroatoms. The summed E-state index contributed by atoms with van der Waals surface area (Å²) in [6.45, 7) is 5.59. The Morgan fingerprint density at radius 2 is 1.67 bits per heavy atom. The van der Waals surface area contributed by atoms with Gasteiger partial charge in [0.05, 0.1) is 0 Å². The molecule has 0 bridgehead atoms. The van der Waals surface area contributed by atoms with Crippen molar-refractivity contribution in [3.63, 3.8) is 0 Å². The maximum atomic E-state index is 3.39. The predicted molar refractivity (Wildman–Crippen MR) is 106 cm³/mol. The molecule has 3 rings (SSSR count). The lowest BCUT2D eigenvalue weighted by Crippen LogP contribution is -2.26. The fraction of sp³-hybridized carbons (Fsp3) is 0.333. The third-order valence-corrected chi connectivity index (χ3v) is 4.45. The van der Waals surface area contributed by atoms with Crippen molar-refractivity contribution in [3.8, 4) is 0 Å². The van der Waals surface area contributed by atoms with Gasteiger partial charge in [0.1, 0.15) is 0 Å². The lowest BCUT2D eigenvalue weighted by atomic mass is 10.1. The number of aromatic amines is 1. The third-order valence-electron chi connectivity index (χ3n) is 4.45. The monoisotopic (exact) mass is 342 g/mol. The van der Waals surface area contributed by atoms with E-state index in [4.69, 9.17) is 0 Å². The molecule has 0 radical (unpaired) electrons. The number of hydrogen-bond acceptors (Lipinski definition) is 1. The number of unbranched alkanes of at least 4 members (excludes halogenated alkanes) is 1. The van der Waals surface area contributed by atoms with Gasteiger partial charge in [-0.15, -0.1) is 12.4 Å². The highest BCUT2D eigenvalue weighted by Crippen LogP contribution is 2.18. The van der Waals surface area contributed by atoms with Gasteiger partial charge in [0.15, 0.2) is 0 Å². The summed E-state index contributed by atoms with van der Waals surface area (Å²) in [7, 11) is 0. The zero-order valence-electron chi connectivity index (χ0n) is 14.4. The SMILES string of the molecule is CCCCN(CCc1c[nH]c2ccccc12)Cc1ccccc1.Cl. The Labute approximate surface area is 151 Å². The topological polar surface area (TPSA) is 19.0 Å². The molecule has 1 N–H and O–H groups in total. The van der Waals surface area contributed by atoms with Crippen LogP contribution in [0, 0.1) is 0 Å². The Bertz CT molecular complexity index is 721. The zero-order valence-corrected chi connectivity index (χ0v) is 15.2. The first-order valence-electron chi connectivity index (χ1n) is 8.68. The predicted octanol–water partition coefficient (Wildman–Crippen LogP) is 5.43. The summed E-state index contributed by atoms with van der Waals surface area (Å²) in [5.74, 6) is 0. The average molecular weight is 343 g/mol. The highest BCUT2D eigenvalue weighted by atomic mass is 35.5. The summed E-state index contributed by atoms with van der Waals surface area (Å²) in [6.07, 6.45) is 5.78. The minimum absolute atomic E-state index is 0. The van der Waals surface area contributed by atoms with Gasteiger partial charge in [-0.3, -0.25) is 4.90 Å². The van der Waals surface area contributed by atoms with Crippen LogP contribution in [0.4, 0.5) is 0 Å². The van der Waals surface area contributed by atoms with Crippen LogP contribution >= 0.6 is 12.4 Å². The molecule has 0 unspecified atom stereocenters. The molecule has 0 saturated carbocycles. The Morgan fingerprint density at radius 3 is 2.46 bits per heavy atom. The maximum Gasteiger partial charge on any atom is 0.0456 e. The lowest BCUT2D eigenvalue weighted by Gasteiger charge is -2.22. The van der Waals surface area contributed by atoms with E-state index in [1.807, 2.05) is 0 Å². The molecular formula is C21H27ClN2. The van der Waals surface area contributed by atoms with Crippen molar-refractivity contribution in [2.24, 2.45) is 0 Å². The Kier molecular flexibility index (Phi) is 7.36. The molecule has 0 aliphatic heterocycles. The number of H-pyrrole nitrogens is 1. The van der Waals surface area contributed by atoms with E-state index in [2.05, 4.69) is 77.6 Å². The summed E-state index contributed by atoms with van der Waals surface area (Å²) in [5, 5.41) is 1.36. The second kappa shape index (κ2) is 9.51. The number of para-hydroxylation sites is 1. The van der Waals surface area contributed by atoms with Crippen LogP contribution in [0.5, 0.6) is 0 Å². The van der Waals surface area contributed by atoms with E-state index in [9.17, 15) is 0 Å². The van der Waals surface area contributed by atoms with Gasteiger partial charge in [0, 0.05) is 30.2 Å². The summed E-state index contributed by atoms with van der Waals surface area (Å²) >= 11 is 0. The normalized spacial score (nSPS) is 10.9. The van der Waals surface area contributed by atoms with Crippen molar-refractivity contribution in [1.29, 1.82) is 0 Å². The van der Waals surface area contributed by atoms with Crippen molar-refractivity contribution in [2.45, 2.75) is 32.7 Å². The smallest absolute Gasteiger partial charge is 0.0456 e. The molecule has 0 amide bonds. The van der Waals surface area contributed by atoms with Gasteiger partial charge in [-0.1, -0.05) is 61.9 Å². The molecule has 0 fully saturated rings. The second-order valence-corrected chi connectivity index (χ2v) is 6.22. The van der Waals surface area contributed by atoms with Gasteiger partial charge in [-0.05, 0) is 36.6 Å². The number of rotatable bonds is 8. The highest BCUT2D eigenvalue weighted by molar-refractivity contribution is 5.85. The van der Waals surface area contributed by atoms with Crippen molar-refractivity contribution in [1.82, 2.24) is 9.88 Å². The van der Waals surface area contributed by atoms with Crippen molar-refractivity contribution < 1.29 is 0 Å². The minimum Gasteiger partial charge on any atom is -0.361 e. The maximum absolute atomic E-state index is 3.39. The summed E-state index contributed by atoms with van der Waals surface area (Å²) in [5.41, 5.74) is 4.07. The van der Waals surface area contributed by atoms with Crippen LogP contribution in [0.15, 0.2) is 60.8 Å². The van der Waals surface area contributed by atoms with E-state index in [-0.39, 0.29) is 12.4 Å². The highest BCUT2D eigenvalue weighted by Gasteiger charge is 2.08. The van der Waals surface area contributed by atoms with E-state index >= 15 is 0 Å². The molecule has 1 heterocycles. The van der Waals surface area contributed by atoms with Crippen LogP contribution in [0.1, 0.15) is 30.9 Å². The largest absolute Gasteiger partial charge is 0.361 e. The second-order valence-electron chi connectivity index (χ2n) is 6.22. The number of nitrogens with one attached hydrogen (secondary N) is 1. The fourth-order valence-electron chi connectivity index (χ4n) is 3.11. The first-order chi connectivity index (χ1) is 11.4. The van der Waals surface area contributed by atoms with E-state index in [0.717, 1.165) is 19.5 Å². The Balaban J connectivity index is 0.00000208. The van der Waals surface area contributed by atoms with E-state index in [1.165, 1.54) is 41.4 Å². The quantitative estimate of drug-likeness (QED) is 0.578. The minimum atomic E-state index is 0. The fourth-order valence-corrected chi connectivity index (χ4v) is 3.11. The molecule has 128 valence electrons. The van der Waals surface area contributed by atoms with Gasteiger partial charge in [0.25, 0.3) is 0 Å². The molecule has 0 spiro atoms. The molecule has 2 aromatic carbocycles. The molecule has 24 heavy (non-hydrogen) atoms. The number of nitrogens with zero attached hydrogens (tertiary/aromatic N) is 1. The van der Waals surface area contributed by atoms with Gasteiger partial charge in [-0.25, -0.2) is 0 Å². The molecule has 0 saturated heterocycles. The van der Waals surface area contributed by atoms with Crippen molar-refractivity contribution in [3.05, 3.63) is 71.9 Å².